The van der Waals surface area contributed by atoms with Gasteiger partial charge in [-0.1, -0.05) is 25.1 Å². The van der Waals surface area contributed by atoms with Gasteiger partial charge in [-0.3, -0.25) is 24.0 Å². The molecule has 0 aliphatic heterocycles. The Morgan fingerprint density at radius 1 is 1.13 bits per heavy atom. The fraction of sp³-hybridized carbons (Fsp3) is 0.300. The van der Waals surface area contributed by atoms with E-state index >= 15 is 0 Å². The second kappa shape index (κ2) is 10.0. The SMILES string of the molecule is CCCNC(=O)c1ccccc1NC(=O)CN(c1cccc([N+](=O)[O-])c1C)S(C)(=O)=O. The smallest absolute Gasteiger partial charge is 0.274 e. The molecule has 2 aromatic rings. The van der Waals surface area contributed by atoms with Gasteiger partial charge in [-0.15, -0.1) is 0 Å². The Labute approximate surface area is 180 Å². The van der Waals surface area contributed by atoms with Gasteiger partial charge in [0, 0.05) is 12.6 Å². The first-order chi connectivity index (χ1) is 14.6. The van der Waals surface area contributed by atoms with E-state index in [0.29, 0.717) is 6.54 Å². The van der Waals surface area contributed by atoms with Crippen LogP contribution < -0.4 is 14.9 Å². The van der Waals surface area contributed by atoms with Crippen molar-refractivity contribution >= 4 is 38.9 Å². The van der Waals surface area contributed by atoms with E-state index in [4.69, 9.17) is 0 Å². The molecule has 2 aromatic carbocycles. The number of nitrogens with zero attached hydrogens (tertiary/aromatic N) is 2. The van der Waals surface area contributed by atoms with E-state index in [0.717, 1.165) is 17.0 Å². The van der Waals surface area contributed by atoms with Crippen molar-refractivity contribution in [2.45, 2.75) is 20.3 Å². The monoisotopic (exact) mass is 448 g/mol. The lowest BCUT2D eigenvalue weighted by Gasteiger charge is -2.23. The summed E-state index contributed by atoms with van der Waals surface area (Å²) < 4.78 is 25.5. The van der Waals surface area contributed by atoms with Crippen molar-refractivity contribution in [1.82, 2.24) is 5.32 Å². The molecular weight excluding hydrogens is 424 g/mol. The number of carbonyl (C=O) groups excluding carboxylic acids is 2. The van der Waals surface area contributed by atoms with Crippen LogP contribution >= 0.6 is 0 Å². The predicted molar refractivity (Wildman–Crippen MR) is 118 cm³/mol. The summed E-state index contributed by atoms with van der Waals surface area (Å²) in [4.78, 5) is 35.6. The number of anilines is 2. The van der Waals surface area contributed by atoms with Crippen molar-refractivity contribution < 1.29 is 22.9 Å². The minimum atomic E-state index is -3.94. The molecular formula is C20H24N4O6S. The summed E-state index contributed by atoms with van der Waals surface area (Å²) in [5.41, 5.74) is 0.349. The molecule has 11 heteroatoms. The lowest BCUT2D eigenvalue weighted by molar-refractivity contribution is -0.385. The van der Waals surface area contributed by atoms with Gasteiger partial charge in [0.25, 0.3) is 11.6 Å². The minimum Gasteiger partial charge on any atom is -0.352 e. The molecule has 0 heterocycles. The number of sulfonamides is 1. The largest absolute Gasteiger partial charge is 0.352 e. The zero-order chi connectivity index (χ0) is 23.2. The first-order valence-electron chi connectivity index (χ1n) is 9.45. The van der Waals surface area contributed by atoms with E-state index < -0.39 is 27.4 Å². The zero-order valence-electron chi connectivity index (χ0n) is 17.4. The van der Waals surface area contributed by atoms with Gasteiger partial charge < -0.3 is 10.6 Å². The van der Waals surface area contributed by atoms with Crippen molar-refractivity contribution in [3.8, 4) is 0 Å². The van der Waals surface area contributed by atoms with Crippen LogP contribution in [0.3, 0.4) is 0 Å². The zero-order valence-corrected chi connectivity index (χ0v) is 18.2. The molecule has 166 valence electrons. The Balaban J connectivity index is 2.32. The number of benzene rings is 2. The number of amides is 2. The maximum absolute atomic E-state index is 12.7. The highest BCUT2D eigenvalue weighted by Gasteiger charge is 2.26. The van der Waals surface area contributed by atoms with Gasteiger partial charge in [0.1, 0.15) is 6.54 Å². The molecule has 0 unspecified atom stereocenters. The Morgan fingerprint density at radius 3 is 2.42 bits per heavy atom. The summed E-state index contributed by atoms with van der Waals surface area (Å²) in [5.74, 6) is -1.07. The number of rotatable bonds is 9. The van der Waals surface area contributed by atoms with Crippen LogP contribution in [0.4, 0.5) is 17.1 Å². The molecule has 0 radical (unpaired) electrons. The van der Waals surface area contributed by atoms with Crippen LogP contribution in [0, 0.1) is 17.0 Å². The molecule has 0 fully saturated rings. The third kappa shape index (κ3) is 6.01. The summed E-state index contributed by atoms with van der Waals surface area (Å²) >= 11 is 0. The lowest BCUT2D eigenvalue weighted by atomic mass is 10.1. The van der Waals surface area contributed by atoms with Gasteiger partial charge in [0.2, 0.25) is 15.9 Å². The summed E-state index contributed by atoms with van der Waals surface area (Å²) in [7, 11) is -3.94. The summed E-state index contributed by atoms with van der Waals surface area (Å²) in [6.07, 6.45) is 1.65. The van der Waals surface area contributed by atoms with Crippen molar-refractivity contribution in [2.24, 2.45) is 0 Å². The van der Waals surface area contributed by atoms with Crippen LogP contribution in [-0.2, 0) is 14.8 Å². The second-order valence-electron chi connectivity index (χ2n) is 6.80. The number of hydrogen-bond donors (Lipinski definition) is 2. The van der Waals surface area contributed by atoms with Crippen molar-refractivity contribution in [1.29, 1.82) is 0 Å². The van der Waals surface area contributed by atoms with E-state index in [1.165, 1.54) is 31.2 Å². The predicted octanol–water partition coefficient (Wildman–Crippen LogP) is 2.45. The summed E-state index contributed by atoms with van der Waals surface area (Å²) in [5, 5.41) is 16.5. The van der Waals surface area contributed by atoms with Crippen LogP contribution in [0.2, 0.25) is 0 Å². The Kier molecular flexibility index (Phi) is 7.70. The number of para-hydroxylation sites is 1. The molecule has 10 nitrogen and oxygen atoms in total. The standard InChI is InChI=1S/C20H24N4O6S/c1-4-12-21-20(26)15-8-5-6-9-16(15)22-19(25)13-23(31(3,29)30)17-10-7-11-18(14(17)2)24(27)28/h5-11H,4,12-13H2,1-3H3,(H,21,26)(H,22,25). The van der Waals surface area contributed by atoms with E-state index in [-0.39, 0.29) is 34.1 Å². The van der Waals surface area contributed by atoms with Crippen LogP contribution in [-0.4, -0.2) is 44.5 Å². The molecule has 0 aromatic heterocycles. The van der Waals surface area contributed by atoms with Crippen LogP contribution in [0.25, 0.3) is 0 Å². The van der Waals surface area contributed by atoms with Gasteiger partial charge in [-0.25, -0.2) is 8.42 Å². The summed E-state index contributed by atoms with van der Waals surface area (Å²) in [6, 6.07) is 10.3. The second-order valence-corrected chi connectivity index (χ2v) is 8.70. The van der Waals surface area contributed by atoms with Gasteiger partial charge in [-0.2, -0.15) is 0 Å². The van der Waals surface area contributed by atoms with E-state index in [9.17, 15) is 28.1 Å². The number of nitro groups is 1. The highest BCUT2D eigenvalue weighted by Crippen LogP contribution is 2.29. The van der Waals surface area contributed by atoms with Gasteiger partial charge >= 0.3 is 0 Å². The maximum atomic E-state index is 12.7. The Hall–Kier alpha value is -3.47. The normalized spacial score (nSPS) is 10.9. The molecule has 2 rings (SSSR count). The fourth-order valence-electron chi connectivity index (χ4n) is 2.90. The molecule has 0 saturated carbocycles. The van der Waals surface area contributed by atoms with Crippen LogP contribution in [0.15, 0.2) is 42.5 Å². The average molecular weight is 449 g/mol. The molecule has 31 heavy (non-hydrogen) atoms. The third-order valence-electron chi connectivity index (χ3n) is 4.41. The molecule has 2 N–H and O–H groups in total. The molecule has 0 aliphatic rings. The van der Waals surface area contributed by atoms with E-state index in [2.05, 4.69) is 10.6 Å². The maximum Gasteiger partial charge on any atom is 0.274 e. The first kappa shape index (κ1) is 23.8. The molecule has 0 aliphatic carbocycles. The topological polar surface area (TPSA) is 139 Å². The highest BCUT2D eigenvalue weighted by atomic mass is 32.2. The molecule has 0 spiro atoms. The molecule has 0 atom stereocenters. The lowest BCUT2D eigenvalue weighted by Crippen LogP contribution is -2.38. The number of hydrogen-bond acceptors (Lipinski definition) is 6. The third-order valence-corrected chi connectivity index (χ3v) is 5.54. The van der Waals surface area contributed by atoms with Crippen molar-refractivity contribution in [3.05, 3.63) is 63.7 Å². The highest BCUT2D eigenvalue weighted by molar-refractivity contribution is 7.92. The molecule has 0 saturated heterocycles. The first-order valence-corrected chi connectivity index (χ1v) is 11.3. The van der Waals surface area contributed by atoms with Gasteiger partial charge in [0.15, 0.2) is 0 Å². The van der Waals surface area contributed by atoms with E-state index in [1.807, 2.05) is 6.92 Å². The average Bonchev–Trinajstić information content (AvgIpc) is 2.70. The Morgan fingerprint density at radius 2 is 1.81 bits per heavy atom. The number of nitro benzene ring substituents is 1. The molecule has 2 amide bonds. The fourth-order valence-corrected chi connectivity index (χ4v) is 3.81. The number of nitrogens with one attached hydrogen (secondary N) is 2. The van der Waals surface area contributed by atoms with Crippen LogP contribution in [0.1, 0.15) is 29.3 Å². The molecule has 0 bridgehead atoms. The van der Waals surface area contributed by atoms with E-state index in [1.54, 1.807) is 18.2 Å². The van der Waals surface area contributed by atoms with Gasteiger partial charge in [-0.05, 0) is 31.5 Å². The quantitative estimate of drug-likeness (QED) is 0.446. The number of carbonyl (C=O) groups is 2. The Bertz CT molecular complexity index is 1100. The van der Waals surface area contributed by atoms with Crippen molar-refractivity contribution in [2.75, 3.05) is 29.0 Å². The minimum absolute atomic E-state index is 0.0285. The van der Waals surface area contributed by atoms with Crippen LogP contribution in [0.5, 0.6) is 0 Å². The van der Waals surface area contributed by atoms with Crippen molar-refractivity contribution in [3.63, 3.8) is 0 Å². The van der Waals surface area contributed by atoms with Gasteiger partial charge in [0.05, 0.1) is 33.7 Å². The summed E-state index contributed by atoms with van der Waals surface area (Å²) in [6.45, 7) is 3.17.